The van der Waals surface area contributed by atoms with Crippen LogP contribution in [0.2, 0.25) is 0 Å². The highest BCUT2D eigenvalue weighted by molar-refractivity contribution is 5.78. The molecule has 1 heterocycles. The number of nitrogens with one attached hydrogen (secondary N) is 1. The van der Waals surface area contributed by atoms with Gasteiger partial charge in [-0.15, -0.1) is 0 Å². The second-order valence-corrected chi connectivity index (χ2v) is 4.45. The highest BCUT2D eigenvalue weighted by Crippen LogP contribution is 2.06. The molecule has 1 atom stereocenters. The zero-order valence-electron chi connectivity index (χ0n) is 10.2. The third kappa shape index (κ3) is 4.47. The molecule has 0 aromatic rings. The van der Waals surface area contributed by atoms with Crippen LogP contribution in [0.15, 0.2) is 0 Å². The van der Waals surface area contributed by atoms with Gasteiger partial charge in [0.2, 0.25) is 5.91 Å². The maximum atomic E-state index is 11.7. The Balaban J connectivity index is 2.23. The van der Waals surface area contributed by atoms with Gasteiger partial charge in [0.05, 0.1) is 6.54 Å². The van der Waals surface area contributed by atoms with E-state index in [1.165, 1.54) is 0 Å². The molecule has 0 aromatic heterocycles. The monoisotopic (exact) mass is 229 g/mol. The summed E-state index contributed by atoms with van der Waals surface area (Å²) in [5.74, 6) is 0.0784. The first-order valence-electron chi connectivity index (χ1n) is 5.91. The van der Waals surface area contributed by atoms with E-state index < -0.39 is 0 Å². The highest BCUT2D eigenvalue weighted by Gasteiger charge is 2.17. The van der Waals surface area contributed by atoms with Crippen molar-refractivity contribution in [3.63, 3.8) is 0 Å². The SMILES string of the molecule is CC(CN)N(C)CC(=O)NC1CCOCC1. The molecule has 0 aliphatic carbocycles. The maximum absolute atomic E-state index is 11.7. The molecular formula is C11H23N3O2. The van der Waals surface area contributed by atoms with Gasteiger partial charge in [-0.05, 0) is 26.8 Å². The third-order valence-electron chi connectivity index (χ3n) is 3.07. The predicted octanol–water partition coefficient (Wildman–Crippen LogP) is -0.439. The van der Waals surface area contributed by atoms with Gasteiger partial charge in [-0.1, -0.05) is 0 Å². The maximum Gasteiger partial charge on any atom is 0.234 e. The Morgan fingerprint density at radius 1 is 1.56 bits per heavy atom. The van der Waals surface area contributed by atoms with Crippen molar-refractivity contribution >= 4 is 5.91 Å². The zero-order valence-corrected chi connectivity index (χ0v) is 10.2. The summed E-state index contributed by atoms with van der Waals surface area (Å²) in [6.45, 7) is 4.50. The number of amides is 1. The van der Waals surface area contributed by atoms with Crippen LogP contribution in [0.1, 0.15) is 19.8 Å². The fourth-order valence-corrected chi connectivity index (χ4v) is 1.68. The number of nitrogens with two attached hydrogens (primary N) is 1. The molecule has 16 heavy (non-hydrogen) atoms. The van der Waals surface area contributed by atoms with Crippen molar-refractivity contribution in [2.24, 2.45) is 5.73 Å². The van der Waals surface area contributed by atoms with Gasteiger partial charge >= 0.3 is 0 Å². The molecule has 1 saturated heterocycles. The number of rotatable bonds is 5. The Morgan fingerprint density at radius 2 is 2.19 bits per heavy atom. The molecule has 1 amide bonds. The van der Waals surface area contributed by atoms with E-state index in [0.717, 1.165) is 26.1 Å². The molecule has 0 radical (unpaired) electrons. The first-order chi connectivity index (χ1) is 7.63. The Morgan fingerprint density at radius 3 is 2.75 bits per heavy atom. The van der Waals surface area contributed by atoms with Gasteiger partial charge in [0.1, 0.15) is 0 Å². The molecule has 1 aliphatic rings. The van der Waals surface area contributed by atoms with Crippen molar-refractivity contribution in [3.8, 4) is 0 Å². The largest absolute Gasteiger partial charge is 0.381 e. The van der Waals surface area contributed by atoms with E-state index in [9.17, 15) is 4.79 Å². The van der Waals surface area contributed by atoms with Gasteiger partial charge in [0.25, 0.3) is 0 Å². The fourth-order valence-electron chi connectivity index (χ4n) is 1.68. The molecule has 3 N–H and O–H groups in total. The normalized spacial score (nSPS) is 19.8. The van der Waals surface area contributed by atoms with Crippen LogP contribution in [0.25, 0.3) is 0 Å². The average molecular weight is 229 g/mol. The van der Waals surface area contributed by atoms with E-state index in [0.29, 0.717) is 13.1 Å². The van der Waals surface area contributed by atoms with E-state index in [4.69, 9.17) is 10.5 Å². The molecule has 0 aromatic carbocycles. The van der Waals surface area contributed by atoms with Crippen LogP contribution in [0.5, 0.6) is 0 Å². The van der Waals surface area contributed by atoms with Crippen LogP contribution in [0.4, 0.5) is 0 Å². The van der Waals surface area contributed by atoms with Crippen LogP contribution in [0.3, 0.4) is 0 Å². The lowest BCUT2D eigenvalue weighted by atomic mass is 10.1. The van der Waals surface area contributed by atoms with Gasteiger partial charge in [-0.25, -0.2) is 0 Å². The number of hydrogen-bond acceptors (Lipinski definition) is 4. The topological polar surface area (TPSA) is 67.6 Å². The zero-order chi connectivity index (χ0) is 12.0. The number of ether oxygens (including phenoxy) is 1. The summed E-state index contributed by atoms with van der Waals surface area (Å²) in [5, 5.41) is 3.03. The summed E-state index contributed by atoms with van der Waals surface area (Å²) in [6.07, 6.45) is 1.84. The predicted molar refractivity (Wildman–Crippen MR) is 63.1 cm³/mol. The minimum absolute atomic E-state index is 0.0784. The van der Waals surface area contributed by atoms with Crippen molar-refractivity contribution in [1.82, 2.24) is 10.2 Å². The number of likely N-dealkylation sites (N-methyl/N-ethyl adjacent to an activating group) is 1. The smallest absolute Gasteiger partial charge is 0.234 e. The second-order valence-electron chi connectivity index (χ2n) is 4.45. The van der Waals surface area contributed by atoms with Crippen LogP contribution in [0, 0.1) is 0 Å². The quantitative estimate of drug-likeness (QED) is 0.671. The van der Waals surface area contributed by atoms with Gasteiger partial charge in [-0.2, -0.15) is 0 Å². The second kappa shape index (κ2) is 6.83. The van der Waals surface area contributed by atoms with Crippen LogP contribution < -0.4 is 11.1 Å². The van der Waals surface area contributed by atoms with Gasteiger partial charge < -0.3 is 15.8 Å². The van der Waals surface area contributed by atoms with E-state index in [1.807, 2.05) is 18.9 Å². The molecule has 1 rings (SSSR count). The number of carbonyl (C=O) groups is 1. The van der Waals surface area contributed by atoms with E-state index in [1.54, 1.807) is 0 Å². The summed E-state index contributed by atoms with van der Waals surface area (Å²) in [7, 11) is 1.92. The molecule has 0 bridgehead atoms. The molecule has 1 aliphatic heterocycles. The minimum Gasteiger partial charge on any atom is -0.381 e. The molecule has 5 nitrogen and oxygen atoms in total. The number of hydrogen-bond donors (Lipinski definition) is 2. The lowest BCUT2D eigenvalue weighted by molar-refractivity contribution is -0.123. The van der Waals surface area contributed by atoms with E-state index >= 15 is 0 Å². The molecular weight excluding hydrogens is 206 g/mol. The van der Waals surface area contributed by atoms with Gasteiger partial charge in [-0.3, -0.25) is 9.69 Å². The van der Waals surface area contributed by atoms with Crippen LogP contribution in [-0.2, 0) is 9.53 Å². The molecule has 0 saturated carbocycles. The Labute approximate surface area is 97.3 Å². The lowest BCUT2D eigenvalue weighted by Gasteiger charge is -2.26. The Kier molecular flexibility index (Phi) is 5.73. The summed E-state index contributed by atoms with van der Waals surface area (Å²) in [4.78, 5) is 13.7. The lowest BCUT2D eigenvalue weighted by Crippen LogP contribution is -2.46. The fraction of sp³-hybridized carbons (Fsp3) is 0.909. The standard InChI is InChI=1S/C11H23N3O2/c1-9(7-12)14(2)8-11(15)13-10-3-5-16-6-4-10/h9-10H,3-8,12H2,1-2H3,(H,13,15). The van der Waals surface area contributed by atoms with E-state index in [2.05, 4.69) is 5.32 Å². The average Bonchev–Trinajstić information content (AvgIpc) is 2.29. The first-order valence-corrected chi connectivity index (χ1v) is 5.91. The van der Waals surface area contributed by atoms with Crippen molar-refractivity contribution in [1.29, 1.82) is 0 Å². The van der Waals surface area contributed by atoms with E-state index in [-0.39, 0.29) is 18.0 Å². The van der Waals surface area contributed by atoms with Crippen molar-refractivity contribution in [2.45, 2.75) is 31.8 Å². The Bertz CT molecular complexity index is 211. The summed E-state index contributed by atoms with van der Waals surface area (Å²) >= 11 is 0. The van der Waals surface area contributed by atoms with Crippen LogP contribution >= 0.6 is 0 Å². The highest BCUT2D eigenvalue weighted by atomic mass is 16.5. The summed E-state index contributed by atoms with van der Waals surface area (Å²) < 4.78 is 5.24. The van der Waals surface area contributed by atoms with Gasteiger partial charge in [0.15, 0.2) is 0 Å². The van der Waals surface area contributed by atoms with Crippen molar-refractivity contribution in [3.05, 3.63) is 0 Å². The number of carbonyl (C=O) groups excluding carboxylic acids is 1. The summed E-state index contributed by atoms with van der Waals surface area (Å²) in [6, 6.07) is 0.517. The van der Waals surface area contributed by atoms with Gasteiger partial charge in [0, 0.05) is 31.8 Å². The third-order valence-corrected chi connectivity index (χ3v) is 3.07. The number of nitrogens with zero attached hydrogens (tertiary/aromatic N) is 1. The molecule has 5 heteroatoms. The molecule has 1 unspecified atom stereocenters. The molecule has 0 spiro atoms. The van der Waals surface area contributed by atoms with Crippen molar-refractivity contribution < 1.29 is 9.53 Å². The Hall–Kier alpha value is -0.650. The molecule has 94 valence electrons. The molecule has 1 fully saturated rings. The first kappa shape index (κ1) is 13.4. The minimum atomic E-state index is 0.0784. The van der Waals surface area contributed by atoms with Crippen LogP contribution in [-0.4, -0.2) is 56.2 Å². The van der Waals surface area contributed by atoms with Crippen molar-refractivity contribution in [2.75, 3.05) is 33.4 Å². The summed E-state index contributed by atoms with van der Waals surface area (Å²) in [5.41, 5.74) is 5.54.